The molecule has 4 aromatic rings. The fourth-order valence-corrected chi connectivity index (χ4v) is 8.55. The summed E-state index contributed by atoms with van der Waals surface area (Å²) in [4.78, 5) is 48.9. The van der Waals surface area contributed by atoms with E-state index in [0.29, 0.717) is 20.9 Å². The van der Waals surface area contributed by atoms with Crippen LogP contribution in [0.3, 0.4) is 0 Å². The molecule has 0 saturated carbocycles. The van der Waals surface area contributed by atoms with E-state index in [0.717, 1.165) is 28.2 Å². The number of carbonyl (C=O) groups excluding carboxylic acids is 2. The Balaban J connectivity index is 1.31. The normalized spacial score (nSPS) is 17.9. The average Bonchev–Trinajstić information content (AvgIpc) is 3.57. The largest absolute Gasteiger partial charge is 0.477 e. The van der Waals surface area contributed by atoms with Gasteiger partial charge in [-0.1, -0.05) is 119 Å². The van der Waals surface area contributed by atoms with E-state index in [4.69, 9.17) is 0 Å². The van der Waals surface area contributed by atoms with Gasteiger partial charge in [-0.15, -0.1) is 11.8 Å². The van der Waals surface area contributed by atoms with E-state index in [-0.39, 0.29) is 11.5 Å². The highest BCUT2D eigenvalue weighted by Crippen LogP contribution is 2.42. The molecule has 3 N–H and O–H groups in total. The summed E-state index contributed by atoms with van der Waals surface area (Å²) in [5.74, 6) is -2.41. The maximum absolute atomic E-state index is 13.5. The zero-order valence-corrected chi connectivity index (χ0v) is 28.2. The number of nitrogens with zero attached hydrogens (tertiary/aromatic N) is 4. The molecule has 47 heavy (non-hydrogen) atoms. The average molecular weight is 785 g/mol. The van der Waals surface area contributed by atoms with Crippen molar-refractivity contribution in [2.75, 3.05) is 22.4 Å². The van der Waals surface area contributed by atoms with Gasteiger partial charge in [-0.05, 0) is 22.3 Å². The Bertz CT molecular complexity index is 1750. The van der Waals surface area contributed by atoms with E-state index >= 15 is 0 Å². The number of hydrogen-bond donors (Lipinski definition) is 3. The highest BCUT2D eigenvalue weighted by Gasteiger charge is 2.54. The van der Waals surface area contributed by atoms with Crippen molar-refractivity contribution in [3.05, 3.63) is 125 Å². The first-order chi connectivity index (χ1) is 22.9. The van der Waals surface area contributed by atoms with E-state index in [9.17, 15) is 23.9 Å². The molecule has 2 atom stereocenters. The summed E-state index contributed by atoms with van der Waals surface area (Å²) in [5, 5.41) is 19.3. The first kappa shape index (κ1) is 32.6. The Kier molecular flexibility index (Phi) is 9.84. The van der Waals surface area contributed by atoms with E-state index in [1.54, 1.807) is 0 Å². The van der Waals surface area contributed by atoms with Gasteiger partial charge in [-0.2, -0.15) is 9.36 Å². The maximum atomic E-state index is 13.5. The number of carbonyl (C=O) groups is 3. The van der Waals surface area contributed by atoms with E-state index < -0.39 is 47.3 Å². The molecule has 0 unspecified atom stereocenters. The summed E-state index contributed by atoms with van der Waals surface area (Å²) in [6.07, 6.45) is 0. The van der Waals surface area contributed by atoms with Crippen LogP contribution in [0.2, 0.25) is 0 Å². The van der Waals surface area contributed by atoms with Gasteiger partial charge >= 0.3 is 5.97 Å². The van der Waals surface area contributed by atoms with Gasteiger partial charge in [0.25, 0.3) is 18.7 Å². The van der Waals surface area contributed by atoms with Crippen LogP contribution in [-0.2, 0) is 24.8 Å². The summed E-state index contributed by atoms with van der Waals surface area (Å²) in [7, 11) is 0. The number of benzene rings is 3. The predicted molar refractivity (Wildman–Crippen MR) is 185 cm³/mol. The zero-order valence-electron chi connectivity index (χ0n) is 24.4. The molecule has 1 aromatic heterocycles. The van der Waals surface area contributed by atoms with Crippen LogP contribution in [0, 0.1) is 0 Å². The second kappa shape index (κ2) is 14.2. The molecule has 6 rings (SSSR count). The quantitative estimate of drug-likeness (QED) is 0.0463. The molecular weight excluding hydrogens is 758 g/mol. The van der Waals surface area contributed by atoms with Gasteiger partial charge < -0.3 is 20.6 Å². The second-order valence-corrected chi connectivity index (χ2v) is 12.9. The van der Waals surface area contributed by atoms with E-state index in [1.165, 1.54) is 16.7 Å². The highest BCUT2D eigenvalue weighted by atomic mass is 127. The minimum absolute atomic E-state index is 0.0658. The molecule has 2 aliphatic rings. The van der Waals surface area contributed by atoms with Crippen molar-refractivity contribution in [3.63, 3.8) is 0 Å². The SMILES string of the molecule is O=C(O)C1=C(CI)CS[C@H]2[C@H](NC(=O)C(=NOCF)c3nsc(NC(c4ccccc4)(c4ccccc4)c4ccccc4)n3)C(=O)N12. The second-order valence-electron chi connectivity index (χ2n) is 10.3. The van der Waals surface area contributed by atoms with E-state index in [1.807, 2.05) is 91.0 Å². The van der Waals surface area contributed by atoms with Crippen molar-refractivity contribution in [2.45, 2.75) is 17.0 Å². The van der Waals surface area contributed by atoms with Crippen molar-refractivity contribution >= 4 is 74.5 Å². The smallest absolute Gasteiger partial charge is 0.352 e. The number of oxime groups is 1. The third kappa shape index (κ3) is 6.21. The number of β-lactam (4-membered cyclic amide) rings is 1. The minimum Gasteiger partial charge on any atom is -0.477 e. The number of carboxylic acids is 1. The minimum atomic E-state index is -1.31. The molecule has 2 aliphatic heterocycles. The first-order valence-corrected chi connectivity index (χ1v) is 17.6. The molecular formula is C32H26FIN6O5S2. The van der Waals surface area contributed by atoms with Crippen LogP contribution < -0.4 is 10.6 Å². The Labute approximate surface area is 290 Å². The molecule has 11 nitrogen and oxygen atoms in total. The van der Waals surface area contributed by atoms with Crippen LogP contribution in [0.25, 0.3) is 0 Å². The lowest BCUT2D eigenvalue weighted by molar-refractivity contribution is -0.150. The number of thioether (sulfide) groups is 1. The molecule has 3 aromatic carbocycles. The van der Waals surface area contributed by atoms with Gasteiger partial charge in [0.05, 0.1) is 0 Å². The van der Waals surface area contributed by atoms with Gasteiger partial charge in [0.1, 0.15) is 22.7 Å². The Morgan fingerprint density at radius 3 is 2.11 bits per heavy atom. The lowest BCUT2D eigenvalue weighted by Gasteiger charge is -2.49. The fraction of sp³-hybridized carbons (Fsp3) is 0.188. The fourth-order valence-electron chi connectivity index (χ4n) is 5.58. The molecule has 240 valence electrons. The first-order valence-electron chi connectivity index (χ1n) is 14.2. The number of fused-ring (bicyclic) bond motifs is 1. The summed E-state index contributed by atoms with van der Waals surface area (Å²) < 4.78 is 17.9. The molecule has 0 radical (unpaired) electrons. The number of aromatic nitrogens is 2. The van der Waals surface area contributed by atoms with Gasteiger partial charge in [0.15, 0.2) is 0 Å². The number of carboxylic acid groups (broad SMARTS) is 1. The van der Waals surface area contributed by atoms with Crippen molar-refractivity contribution in [1.29, 1.82) is 0 Å². The van der Waals surface area contributed by atoms with Crippen molar-refractivity contribution in [1.82, 2.24) is 19.6 Å². The molecule has 0 spiro atoms. The van der Waals surface area contributed by atoms with Crippen LogP contribution in [0.1, 0.15) is 22.5 Å². The van der Waals surface area contributed by atoms with E-state index in [2.05, 4.69) is 52.6 Å². The Morgan fingerprint density at radius 1 is 1.02 bits per heavy atom. The number of alkyl halides is 2. The molecule has 15 heteroatoms. The Morgan fingerprint density at radius 2 is 1.60 bits per heavy atom. The number of anilines is 1. The lowest BCUT2D eigenvalue weighted by Crippen LogP contribution is -2.71. The van der Waals surface area contributed by atoms with Crippen molar-refractivity contribution in [3.8, 4) is 0 Å². The molecule has 1 saturated heterocycles. The predicted octanol–water partition coefficient (Wildman–Crippen LogP) is 4.76. The molecule has 1 fully saturated rings. The molecule has 2 amide bonds. The number of hydrogen-bond acceptors (Lipinski definition) is 10. The topological polar surface area (TPSA) is 146 Å². The summed E-state index contributed by atoms with van der Waals surface area (Å²) in [5.41, 5.74) is 1.94. The zero-order chi connectivity index (χ0) is 33.0. The van der Waals surface area contributed by atoms with Gasteiger partial charge in [-0.25, -0.2) is 9.18 Å². The maximum Gasteiger partial charge on any atom is 0.352 e. The standard InChI is InChI=1S/C32H26FIN6O5S2/c33-18-45-38-23(27(41)35-24-28(42)40-25(30(43)44)19(16-34)17-46-29(24)40)26-36-31(47-39-26)37-32(20-10-4-1-5-11-20,21-12-6-2-7-13-21)22-14-8-3-9-15-22/h1-15,24,29H,16-18H2,(H,35,41)(H,43,44)(H,36,37,39)/t24-,29+/m1/s1. The summed E-state index contributed by atoms with van der Waals surface area (Å²) >= 11 is 4.37. The molecule has 0 bridgehead atoms. The monoisotopic (exact) mass is 784 g/mol. The number of amides is 2. The third-order valence-corrected chi connectivity index (χ3v) is 10.6. The number of aliphatic carboxylic acids is 1. The number of halogens is 2. The highest BCUT2D eigenvalue weighted by molar-refractivity contribution is 14.1. The summed E-state index contributed by atoms with van der Waals surface area (Å²) in [6.45, 7) is -1.31. The number of rotatable bonds is 12. The van der Waals surface area contributed by atoms with Crippen LogP contribution in [0.4, 0.5) is 9.52 Å². The van der Waals surface area contributed by atoms with Gasteiger partial charge in [-0.3, -0.25) is 14.5 Å². The lowest BCUT2D eigenvalue weighted by atomic mass is 9.77. The van der Waals surface area contributed by atoms with Crippen molar-refractivity contribution in [2.24, 2.45) is 5.16 Å². The Hall–Kier alpha value is -4.35. The van der Waals surface area contributed by atoms with Crippen LogP contribution in [-0.4, -0.2) is 71.3 Å². The van der Waals surface area contributed by atoms with Gasteiger partial charge in [0, 0.05) is 21.7 Å². The van der Waals surface area contributed by atoms with Crippen molar-refractivity contribution < 1.29 is 28.7 Å². The molecule has 0 aliphatic carbocycles. The summed E-state index contributed by atoms with van der Waals surface area (Å²) in [6, 6.07) is 28.4. The van der Waals surface area contributed by atoms with Crippen LogP contribution >= 0.6 is 45.9 Å². The van der Waals surface area contributed by atoms with Crippen LogP contribution in [0.5, 0.6) is 0 Å². The van der Waals surface area contributed by atoms with Crippen LogP contribution in [0.15, 0.2) is 107 Å². The van der Waals surface area contributed by atoms with Gasteiger partial charge in [0.2, 0.25) is 16.7 Å². The molecule has 3 heterocycles. The third-order valence-electron chi connectivity index (χ3n) is 7.67. The number of nitrogens with one attached hydrogen (secondary N) is 2.